The van der Waals surface area contributed by atoms with Crippen LogP contribution in [-0.4, -0.2) is 26.9 Å². The maximum Gasteiger partial charge on any atom is 0.147 e. The van der Waals surface area contributed by atoms with E-state index in [1.165, 1.54) is 6.33 Å². The minimum absolute atomic E-state index is 0.0285. The summed E-state index contributed by atoms with van der Waals surface area (Å²) in [5, 5.41) is 14.5. The first-order valence-corrected chi connectivity index (χ1v) is 2.56. The molecule has 0 unspecified atom stereocenters. The van der Waals surface area contributed by atoms with Crippen molar-refractivity contribution in [1.82, 2.24) is 15.2 Å². The summed E-state index contributed by atoms with van der Waals surface area (Å²) in [5.74, 6) is 0.657. The molecular weight excluding hydrogens is 118 g/mol. The Bertz CT molecular complexity index is 180. The number of H-pyrrole nitrogens is 1. The number of aliphatic hydroxyl groups is 1. The highest BCUT2D eigenvalue weighted by atomic mass is 16.2. The smallest absolute Gasteiger partial charge is 0.147 e. The fourth-order valence-corrected chi connectivity index (χ4v) is 0.460. The summed E-state index contributed by atoms with van der Waals surface area (Å²) in [5.41, 5.74) is 0. The average molecular weight is 125 g/mol. The maximum absolute atomic E-state index is 8.32. The van der Waals surface area contributed by atoms with Gasteiger partial charge in [-0.3, -0.25) is 5.10 Å². The molecule has 0 aromatic carbocycles. The number of rotatable bonds is 2. The molecule has 0 saturated carbocycles. The summed E-state index contributed by atoms with van der Waals surface area (Å²) in [6, 6.07) is 0. The molecule has 2 N–H and O–H groups in total. The summed E-state index contributed by atoms with van der Waals surface area (Å²) in [6.45, 7) is 0.0285. The van der Waals surface area contributed by atoms with Gasteiger partial charge in [-0.1, -0.05) is 6.08 Å². The van der Waals surface area contributed by atoms with Gasteiger partial charge in [0.1, 0.15) is 12.2 Å². The van der Waals surface area contributed by atoms with Crippen LogP contribution in [0.15, 0.2) is 12.4 Å². The van der Waals surface area contributed by atoms with E-state index in [0.29, 0.717) is 5.82 Å². The van der Waals surface area contributed by atoms with Crippen LogP contribution < -0.4 is 0 Å². The Kier molecular flexibility index (Phi) is 1.98. The largest absolute Gasteiger partial charge is 0.392 e. The molecule has 0 aliphatic carbocycles. The van der Waals surface area contributed by atoms with E-state index in [4.69, 9.17) is 5.11 Å². The van der Waals surface area contributed by atoms with Gasteiger partial charge in [0.25, 0.3) is 0 Å². The number of aromatic nitrogens is 3. The van der Waals surface area contributed by atoms with Gasteiger partial charge in [-0.15, -0.1) is 0 Å². The number of hydrogen-bond donors (Lipinski definition) is 2. The molecule has 0 radical (unpaired) electrons. The van der Waals surface area contributed by atoms with Crippen LogP contribution in [0.3, 0.4) is 0 Å². The second-order valence-electron chi connectivity index (χ2n) is 1.46. The third kappa shape index (κ3) is 1.65. The lowest BCUT2D eigenvalue weighted by Crippen LogP contribution is -1.76. The van der Waals surface area contributed by atoms with Crippen LogP contribution in [0.5, 0.6) is 0 Å². The minimum atomic E-state index is 0.0285. The third-order valence-electron chi connectivity index (χ3n) is 0.815. The van der Waals surface area contributed by atoms with Crippen LogP contribution in [0, 0.1) is 0 Å². The summed E-state index contributed by atoms with van der Waals surface area (Å²) < 4.78 is 0. The SMILES string of the molecule is OCC=Cc1ncn[nH]1. The van der Waals surface area contributed by atoms with Gasteiger partial charge >= 0.3 is 0 Å². The Morgan fingerprint density at radius 1 is 1.78 bits per heavy atom. The van der Waals surface area contributed by atoms with Crippen LogP contribution in [0.25, 0.3) is 6.08 Å². The summed E-state index contributed by atoms with van der Waals surface area (Å²) in [4.78, 5) is 3.79. The first-order valence-electron chi connectivity index (χ1n) is 2.56. The molecule has 1 heterocycles. The zero-order valence-corrected chi connectivity index (χ0v) is 4.78. The Balaban J connectivity index is 2.57. The van der Waals surface area contributed by atoms with E-state index >= 15 is 0 Å². The fraction of sp³-hybridized carbons (Fsp3) is 0.200. The fourth-order valence-electron chi connectivity index (χ4n) is 0.460. The highest BCUT2D eigenvalue weighted by molar-refractivity contribution is 5.38. The molecule has 0 bridgehead atoms. The molecule has 4 nitrogen and oxygen atoms in total. The molecule has 0 spiro atoms. The highest BCUT2D eigenvalue weighted by Crippen LogP contribution is 1.87. The first kappa shape index (κ1) is 5.97. The quantitative estimate of drug-likeness (QED) is 0.576. The molecule has 0 aliphatic heterocycles. The molecule has 0 atom stereocenters. The van der Waals surface area contributed by atoms with Gasteiger partial charge in [-0.2, -0.15) is 5.10 Å². The number of nitrogens with one attached hydrogen (secondary N) is 1. The molecule has 48 valence electrons. The van der Waals surface area contributed by atoms with Crippen LogP contribution in [0.2, 0.25) is 0 Å². The van der Waals surface area contributed by atoms with E-state index in [1.54, 1.807) is 12.2 Å². The summed E-state index contributed by atoms with van der Waals surface area (Å²) in [7, 11) is 0. The van der Waals surface area contributed by atoms with E-state index < -0.39 is 0 Å². The van der Waals surface area contributed by atoms with E-state index in [9.17, 15) is 0 Å². The average Bonchev–Trinajstić information content (AvgIpc) is 2.34. The van der Waals surface area contributed by atoms with Gasteiger partial charge in [0.2, 0.25) is 0 Å². The zero-order chi connectivity index (χ0) is 6.53. The second kappa shape index (κ2) is 2.99. The predicted octanol–water partition coefficient (Wildman–Crippen LogP) is -0.190. The van der Waals surface area contributed by atoms with Crippen molar-refractivity contribution in [3.63, 3.8) is 0 Å². The van der Waals surface area contributed by atoms with Gasteiger partial charge < -0.3 is 5.11 Å². The number of nitrogens with zero attached hydrogens (tertiary/aromatic N) is 2. The van der Waals surface area contributed by atoms with Crippen molar-refractivity contribution in [3.8, 4) is 0 Å². The molecule has 1 aromatic rings. The predicted molar refractivity (Wildman–Crippen MR) is 32.5 cm³/mol. The topological polar surface area (TPSA) is 61.8 Å². The van der Waals surface area contributed by atoms with E-state index in [-0.39, 0.29) is 6.61 Å². The summed E-state index contributed by atoms with van der Waals surface area (Å²) >= 11 is 0. The lowest BCUT2D eigenvalue weighted by Gasteiger charge is -1.77. The number of aliphatic hydroxyl groups excluding tert-OH is 1. The van der Waals surface area contributed by atoms with Crippen LogP contribution in [0.1, 0.15) is 5.82 Å². The lowest BCUT2D eigenvalue weighted by molar-refractivity contribution is 0.343. The van der Waals surface area contributed by atoms with Gasteiger partial charge in [-0.25, -0.2) is 4.98 Å². The minimum Gasteiger partial charge on any atom is -0.392 e. The molecule has 0 saturated heterocycles. The standard InChI is InChI=1S/C5H7N3O/c9-3-1-2-5-6-4-7-8-5/h1-2,4,9H,3H2,(H,6,7,8). The Labute approximate surface area is 52.2 Å². The molecule has 9 heavy (non-hydrogen) atoms. The molecule has 0 aliphatic rings. The van der Waals surface area contributed by atoms with Crippen molar-refractivity contribution in [3.05, 3.63) is 18.2 Å². The molecule has 0 amide bonds. The molecular formula is C5H7N3O. The highest BCUT2D eigenvalue weighted by Gasteiger charge is 1.83. The van der Waals surface area contributed by atoms with Crippen LogP contribution in [-0.2, 0) is 0 Å². The lowest BCUT2D eigenvalue weighted by atomic mass is 10.5. The van der Waals surface area contributed by atoms with Gasteiger partial charge in [-0.05, 0) is 6.08 Å². The maximum atomic E-state index is 8.32. The van der Waals surface area contributed by atoms with Crippen molar-refractivity contribution >= 4 is 6.08 Å². The zero-order valence-electron chi connectivity index (χ0n) is 4.78. The number of aromatic amines is 1. The third-order valence-corrected chi connectivity index (χ3v) is 0.815. The molecule has 0 fully saturated rings. The first-order chi connectivity index (χ1) is 4.43. The van der Waals surface area contributed by atoms with E-state index in [0.717, 1.165) is 0 Å². The Morgan fingerprint density at radius 3 is 3.22 bits per heavy atom. The normalized spacial score (nSPS) is 10.8. The monoisotopic (exact) mass is 125 g/mol. The van der Waals surface area contributed by atoms with Crippen LogP contribution >= 0.6 is 0 Å². The van der Waals surface area contributed by atoms with Crippen molar-refractivity contribution < 1.29 is 5.11 Å². The van der Waals surface area contributed by atoms with Crippen LogP contribution in [0.4, 0.5) is 0 Å². The van der Waals surface area contributed by atoms with Crippen molar-refractivity contribution in [2.75, 3.05) is 6.61 Å². The Morgan fingerprint density at radius 2 is 2.67 bits per heavy atom. The molecule has 1 aromatic heterocycles. The van der Waals surface area contributed by atoms with Crippen molar-refractivity contribution in [1.29, 1.82) is 0 Å². The van der Waals surface area contributed by atoms with E-state index in [2.05, 4.69) is 15.2 Å². The Hall–Kier alpha value is -1.16. The molecule has 4 heteroatoms. The van der Waals surface area contributed by atoms with E-state index in [1.807, 2.05) is 0 Å². The second-order valence-corrected chi connectivity index (χ2v) is 1.46. The van der Waals surface area contributed by atoms with Gasteiger partial charge in [0.05, 0.1) is 6.61 Å². The molecule has 1 rings (SSSR count). The van der Waals surface area contributed by atoms with Gasteiger partial charge in [0.15, 0.2) is 0 Å². The van der Waals surface area contributed by atoms with Crippen molar-refractivity contribution in [2.24, 2.45) is 0 Å². The number of hydrogen-bond acceptors (Lipinski definition) is 3. The van der Waals surface area contributed by atoms with Crippen molar-refractivity contribution in [2.45, 2.75) is 0 Å². The van der Waals surface area contributed by atoms with Gasteiger partial charge in [0, 0.05) is 0 Å². The summed E-state index contributed by atoms with van der Waals surface area (Å²) in [6.07, 6.45) is 4.66.